The van der Waals surface area contributed by atoms with Gasteiger partial charge in [-0.25, -0.2) is 4.68 Å². The van der Waals surface area contributed by atoms with E-state index in [1.165, 1.54) is 11.8 Å². The molecule has 0 bridgehead atoms. The van der Waals surface area contributed by atoms with Crippen LogP contribution in [0, 0.1) is 0 Å². The Balaban J connectivity index is 1.44. The molecule has 1 aromatic heterocycles. The zero-order chi connectivity index (χ0) is 13.9. The lowest BCUT2D eigenvalue weighted by atomic mass is 10.1. The molecule has 1 aliphatic carbocycles. The van der Waals surface area contributed by atoms with E-state index < -0.39 is 0 Å². The molecule has 1 aromatic rings. The quantitative estimate of drug-likeness (QED) is 0.710. The summed E-state index contributed by atoms with van der Waals surface area (Å²) in [7, 11) is 0. The predicted octanol–water partition coefficient (Wildman–Crippen LogP) is -0.505. The number of carbonyl (C=O) groups excluding carboxylic acids is 2. The molecule has 1 saturated carbocycles. The molecule has 2 fully saturated rings. The fourth-order valence-electron chi connectivity index (χ4n) is 2.08. The van der Waals surface area contributed by atoms with E-state index in [0.717, 1.165) is 12.8 Å². The third-order valence-electron chi connectivity index (χ3n) is 3.32. The second kappa shape index (κ2) is 5.78. The van der Waals surface area contributed by atoms with Gasteiger partial charge in [-0.3, -0.25) is 9.59 Å². The van der Waals surface area contributed by atoms with Gasteiger partial charge < -0.3 is 10.6 Å². The van der Waals surface area contributed by atoms with Gasteiger partial charge in [-0.1, -0.05) is 11.8 Å². The largest absolute Gasteiger partial charge is 0.354 e. The Morgan fingerprint density at radius 2 is 2.30 bits per heavy atom. The average Bonchev–Trinajstić information content (AvgIpc) is 3.18. The van der Waals surface area contributed by atoms with Crippen LogP contribution in [0.15, 0.2) is 5.16 Å². The van der Waals surface area contributed by atoms with Gasteiger partial charge in [0, 0.05) is 19.0 Å². The summed E-state index contributed by atoms with van der Waals surface area (Å²) in [6.07, 6.45) is 3.37. The first-order chi connectivity index (χ1) is 9.72. The van der Waals surface area contributed by atoms with Crippen molar-refractivity contribution in [3.8, 4) is 0 Å². The number of tetrazole rings is 1. The predicted molar refractivity (Wildman–Crippen MR) is 71.0 cm³/mol. The number of rotatable bonds is 5. The Morgan fingerprint density at radius 1 is 1.45 bits per heavy atom. The van der Waals surface area contributed by atoms with Crippen LogP contribution in [0.25, 0.3) is 0 Å². The number of thioether (sulfide) groups is 1. The van der Waals surface area contributed by atoms with E-state index in [-0.39, 0.29) is 23.6 Å². The van der Waals surface area contributed by atoms with E-state index in [0.29, 0.717) is 30.6 Å². The van der Waals surface area contributed by atoms with Crippen molar-refractivity contribution >= 4 is 23.6 Å². The number of hydrogen-bond donors (Lipinski definition) is 2. The Labute approximate surface area is 120 Å². The van der Waals surface area contributed by atoms with Gasteiger partial charge in [0.1, 0.15) is 0 Å². The van der Waals surface area contributed by atoms with Crippen LogP contribution in [0.2, 0.25) is 0 Å². The first-order valence-electron chi connectivity index (χ1n) is 6.69. The summed E-state index contributed by atoms with van der Waals surface area (Å²) in [4.78, 5) is 22.9. The molecule has 2 amide bonds. The van der Waals surface area contributed by atoms with Crippen LogP contribution in [-0.4, -0.2) is 50.4 Å². The molecule has 1 saturated heterocycles. The van der Waals surface area contributed by atoms with Crippen LogP contribution in [0.5, 0.6) is 0 Å². The molecule has 8 nitrogen and oxygen atoms in total. The molecular formula is C11H16N6O2S. The average molecular weight is 296 g/mol. The summed E-state index contributed by atoms with van der Waals surface area (Å²) >= 11 is 1.35. The summed E-state index contributed by atoms with van der Waals surface area (Å²) in [6, 6.07) is 0.435. The van der Waals surface area contributed by atoms with Crippen molar-refractivity contribution in [2.45, 2.75) is 42.9 Å². The highest BCUT2D eigenvalue weighted by Gasteiger charge is 2.28. The fraction of sp³-hybridized carbons (Fsp3) is 0.727. The molecular weight excluding hydrogens is 280 g/mol. The summed E-state index contributed by atoms with van der Waals surface area (Å²) in [5, 5.41) is 17.9. The molecule has 0 radical (unpaired) electrons. The van der Waals surface area contributed by atoms with E-state index in [1.807, 2.05) is 0 Å². The highest BCUT2D eigenvalue weighted by molar-refractivity contribution is 7.99. The fourth-order valence-corrected chi connectivity index (χ4v) is 2.84. The van der Waals surface area contributed by atoms with Crippen molar-refractivity contribution in [2.24, 2.45) is 0 Å². The summed E-state index contributed by atoms with van der Waals surface area (Å²) < 4.78 is 1.79. The van der Waals surface area contributed by atoms with Crippen LogP contribution in [0.4, 0.5) is 0 Å². The Hall–Kier alpha value is -1.64. The van der Waals surface area contributed by atoms with Crippen molar-refractivity contribution in [2.75, 3.05) is 12.3 Å². The zero-order valence-electron chi connectivity index (χ0n) is 10.9. The van der Waals surface area contributed by atoms with Gasteiger partial charge in [-0.15, -0.1) is 5.10 Å². The molecule has 0 spiro atoms. The monoisotopic (exact) mass is 296 g/mol. The summed E-state index contributed by atoms with van der Waals surface area (Å²) in [5.41, 5.74) is 0. The number of nitrogens with one attached hydrogen (secondary N) is 2. The molecule has 20 heavy (non-hydrogen) atoms. The second-order valence-corrected chi connectivity index (χ2v) is 5.98. The van der Waals surface area contributed by atoms with Crippen LogP contribution in [0.1, 0.15) is 31.7 Å². The summed E-state index contributed by atoms with van der Waals surface area (Å²) in [6.45, 7) is 0.509. The SMILES string of the molecule is O=C1CCC(NC(=O)CSc2nnnn2C2CC2)CN1. The summed E-state index contributed by atoms with van der Waals surface area (Å²) in [5.74, 6) is 0.285. The van der Waals surface area contributed by atoms with E-state index in [2.05, 4.69) is 26.2 Å². The minimum atomic E-state index is -0.0542. The lowest BCUT2D eigenvalue weighted by Crippen LogP contribution is -2.48. The molecule has 2 N–H and O–H groups in total. The van der Waals surface area contributed by atoms with Crippen LogP contribution >= 0.6 is 11.8 Å². The molecule has 108 valence electrons. The number of nitrogens with zero attached hydrogens (tertiary/aromatic N) is 4. The molecule has 2 heterocycles. The second-order valence-electron chi connectivity index (χ2n) is 5.03. The standard InChI is InChI=1S/C11H16N6O2S/c18-9-4-1-7(5-12-9)13-10(19)6-20-11-14-15-16-17(11)8-2-3-8/h7-8H,1-6H2,(H,12,18)(H,13,19). The third-order valence-corrected chi connectivity index (χ3v) is 4.25. The van der Waals surface area contributed by atoms with Crippen molar-refractivity contribution < 1.29 is 9.59 Å². The topological polar surface area (TPSA) is 102 Å². The highest BCUT2D eigenvalue weighted by atomic mass is 32.2. The molecule has 1 aliphatic heterocycles. The van der Waals surface area contributed by atoms with Crippen molar-refractivity contribution in [3.05, 3.63) is 0 Å². The van der Waals surface area contributed by atoms with Crippen LogP contribution in [-0.2, 0) is 9.59 Å². The van der Waals surface area contributed by atoms with Gasteiger partial charge in [0.2, 0.25) is 17.0 Å². The smallest absolute Gasteiger partial charge is 0.230 e. The first-order valence-corrected chi connectivity index (χ1v) is 7.67. The number of piperidine rings is 1. The van der Waals surface area contributed by atoms with E-state index >= 15 is 0 Å². The van der Waals surface area contributed by atoms with Crippen molar-refractivity contribution in [3.63, 3.8) is 0 Å². The maximum absolute atomic E-state index is 11.9. The number of aromatic nitrogens is 4. The lowest BCUT2D eigenvalue weighted by molar-refractivity contribution is -0.124. The Morgan fingerprint density at radius 3 is 3.00 bits per heavy atom. The maximum atomic E-state index is 11.9. The number of carbonyl (C=O) groups is 2. The van der Waals surface area contributed by atoms with E-state index in [9.17, 15) is 9.59 Å². The number of hydrogen-bond acceptors (Lipinski definition) is 6. The van der Waals surface area contributed by atoms with Crippen LogP contribution in [0.3, 0.4) is 0 Å². The lowest BCUT2D eigenvalue weighted by Gasteiger charge is -2.23. The van der Waals surface area contributed by atoms with Gasteiger partial charge in [-0.05, 0) is 29.7 Å². The zero-order valence-corrected chi connectivity index (χ0v) is 11.7. The maximum Gasteiger partial charge on any atom is 0.230 e. The molecule has 9 heteroatoms. The number of amides is 2. The van der Waals surface area contributed by atoms with Crippen LogP contribution < -0.4 is 10.6 Å². The van der Waals surface area contributed by atoms with Gasteiger partial charge >= 0.3 is 0 Å². The van der Waals surface area contributed by atoms with E-state index in [1.54, 1.807) is 4.68 Å². The molecule has 2 aliphatic rings. The molecule has 3 rings (SSSR count). The first kappa shape index (κ1) is 13.3. The van der Waals surface area contributed by atoms with Gasteiger partial charge in [0.25, 0.3) is 0 Å². The highest BCUT2D eigenvalue weighted by Crippen LogP contribution is 2.36. The van der Waals surface area contributed by atoms with Gasteiger partial charge in [0.15, 0.2) is 0 Å². The van der Waals surface area contributed by atoms with Gasteiger partial charge in [-0.2, -0.15) is 0 Å². The van der Waals surface area contributed by atoms with Crippen molar-refractivity contribution in [1.29, 1.82) is 0 Å². The van der Waals surface area contributed by atoms with Gasteiger partial charge in [0.05, 0.1) is 11.8 Å². The minimum absolute atomic E-state index is 0.0280. The Bertz CT molecular complexity index is 505. The normalized spacial score (nSPS) is 22.4. The Kier molecular flexibility index (Phi) is 3.86. The molecule has 1 atom stereocenters. The minimum Gasteiger partial charge on any atom is -0.354 e. The van der Waals surface area contributed by atoms with Crippen molar-refractivity contribution in [1.82, 2.24) is 30.8 Å². The molecule has 0 aromatic carbocycles. The third kappa shape index (κ3) is 3.27. The molecule has 1 unspecified atom stereocenters. The van der Waals surface area contributed by atoms with E-state index in [4.69, 9.17) is 0 Å².